The van der Waals surface area contributed by atoms with Crippen LogP contribution in [-0.4, -0.2) is 80.1 Å². The highest BCUT2D eigenvalue weighted by Crippen LogP contribution is 2.28. The number of carbonyl (C=O) groups excluding carboxylic acids is 1. The molecule has 0 bridgehead atoms. The van der Waals surface area contributed by atoms with E-state index in [2.05, 4.69) is 23.8 Å². The highest BCUT2D eigenvalue weighted by Gasteiger charge is 2.31. The van der Waals surface area contributed by atoms with E-state index < -0.39 is 0 Å². The van der Waals surface area contributed by atoms with Crippen molar-refractivity contribution in [2.75, 3.05) is 53.4 Å². The van der Waals surface area contributed by atoms with Crippen LogP contribution in [-0.2, 0) is 0 Å². The van der Waals surface area contributed by atoms with Gasteiger partial charge in [0.2, 0.25) is 0 Å². The number of likely N-dealkylation sites (N-methyl/N-ethyl adjacent to an activating group) is 1. The van der Waals surface area contributed by atoms with E-state index in [1.165, 1.54) is 0 Å². The van der Waals surface area contributed by atoms with Crippen LogP contribution >= 0.6 is 0 Å². The molecule has 0 spiro atoms. The van der Waals surface area contributed by atoms with Gasteiger partial charge in [0.05, 0.1) is 12.7 Å². The van der Waals surface area contributed by atoms with Gasteiger partial charge in [0.1, 0.15) is 5.75 Å². The van der Waals surface area contributed by atoms with Gasteiger partial charge in [-0.25, -0.2) is 0 Å². The predicted octanol–water partition coefficient (Wildman–Crippen LogP) is 2.49. The maximum Gasteiger partial charge on any atom is 0.257 e. The number of nitrogens with zero attached hydrogens (tertiary/aromatic N) is 3. The van der Waals surface area contributed by atoms with Crippen molar-refractivity contribution in [3.05, 3.63) is 29.3 Å². The number of benzene rings is 1. The zero-order chi connectivity index (χ0) is 18.7. The molecule has 5 nitrogen and oxygen atoms in total. The third-order valence-corrected chi connectivity index (χ3v) is 6.21. The van der Waals surface area contributed by atoms with Crippen molar-refractivity contribution in [3.63, 3.8) is 0 Å². The Labute approximate surface area is 157 Å². The Hall–Kier alpha value is -1.59. The van der Waals surface area contributed by atoms with Crippen LogP contribution in [0.15, 0.2) is 18.2 Å². The first-order valence-electron chi connectivity index (χ1n) is 9.86. The molecule has 1 amide bonds. The molecule has 0 aliphatic carbocycles. The van der Waals surface area contributed by atoms with Crippen molar-refractivity contribution >= 4 is 5.91 Å². The van der Waals surface area contributed by atoms with Gasteiger partial charge in [0.25, 0.3) is 5.91 Å². The van der Waals surface area contributed by atoms with Gasteiger partial charge in [0, 0.05) is 45.3 Å². The summed E-state index contributed by atoms with van der Waals surface area (Å²) in [5, 5.41) is 0. The molecular weight excluding hydrogens is 326 g/mol. The van der Waals surface area contributed by atoms with E-state index in [0.29, 0.717) is 23.3 Å². The standard InChI is InChI=1S/C21H33N3O2/c1-16-5-6-19(20(15-16)26-4)21(25)24-9-7-18(8-10-24)17(2)23-13-11-22(3)12-14-23/h5-6,15,17-18H,7-14H2,1-4H3/t17-/m0/s1. The number of amides is 1. The molecule has 26 heavy (non-hydrogen) atoms. The van der Waals surface area contributed by atoms with E-state index >= 15 is 0 Å². The number of carbonyl (C=O) groups is 1. The molecule has 0 saturated carbocycles. The molecule has 3 rings (SSSR count). The normalized spacial score (nSPS) is 21.6. The quantitative estimate of drug-likeness (QED) is 0.828. The lowest BCUT2D eigenvalue weighted by atomic mass is 9.88. The third-order valence-electron chi connectivity index (χ3n) is 6.21. The fraction of sp³-hybridized carbons (Fsp3) is 0.667. The zero-order valence-electron chi connectivity index (χ0n) is 16.7. The third kappa shape index (κ3) is 4.21. The van der Waals surface area contributed by atoms with Crippen molar-refractivity contribution < 1.29 is 9.53 Å². The highest BCUT2D eigenvalue weighted by atomic mass is 16.5. The summed E-state index contributed by atoms with van der Waals surface area (Å²) >= 11 is 0. The molecule has 2 aliphatic heterocycles. The van der Waals surface area contributed by atoms with E-state index in [1.54, 1.807) is 7.11 Å². The Bertz CT molecular complexity index is 618. The highest BCUT2D eigenvalue weighted by molar-refractivity contribution is 5.97. The molecule has 0 unspecified atom stereocenters. The Balaban J connectivity index is 1.57. The Kier molecular flexibility index (Phi) is 6.20. The van der Waals surface area contributed by atoms with Crippen LogP contribution in [0.1, 0.15) is 35.7 Å². The van der Waals surface area contributed by atoms with Crippen LogP contribution in [0.4, 0.5) is 0 Å². The minimum atomic E-state index is 0.104. The summed E-state index contributed by atoms with van der Waals surface area (Å²) < 4.78 is 5.43. The van der Waals surface area contributed by atoms with Gasteiger partial charge in [0.15, 0.2) is 0 Å². The van der Waals surface area contributed by atoms with E-state index in [4.69, 9.17) is 4.74 Å². The van der Waals surface area contributed by atoms with Gasteiger partial charge >= 0.3 is 0 Å². The molecule has 2 saturated heterocycles. The van der Waals surface area contributed by atoms with Gasteiger partial charge in [-0.2, -0.15) is 0 Å². The molecule has 1 aromatic rings. The topological polar surface area (TPSA) is 36.0 Å². The Morgan fingerprint density at radius 3 is 2.38 bits per heavy atom. The van der Waals surface area contributed by atoms with Gasteiger partial charge < -0.3 is 14.5 Å². The minimum Gasteiger partial charge on any atom is -0.496 e. The molecule has 0 N–H and O–H groups in total. The summed E-state index contributed by atoms with van der Waals surface area (Å²) in [6.45, 7) is 10.7. The molecule has 2 fully saturated rings. The molecule has 2 aliphatic rings. The maximum atomic E-state index is 12.9. The molecule has 144 valence electrons. The average molecular weight is 360 g/mol. The maximum absolute atomic E-state index is 12.9. The molecule has 5 heteroatoms. The fourth-order valence-electron chi connectivity index (χ4n) is 4.26. The van der Waals surface area contributed by atoms with E-state index in [-0.39, 0.29) is 5.91 Å². The monoisotopic (exact) mass is 359 g/mol. The predicted molar refractivity (Wildman–Crippen MR) is 105 cm³/mol. The first-order chi connectivity index (χ1) is 12.5. The summed E-state index contributed by atoms with van der Waals surface area (Å²) in [6.07, 6.45) is 2.18. The van der Waals surface area contributed by atoms with Gasteiger partial charge in [-0.15, -0.1) is 0 Å². The Morgan fingerprint density at radius 2 is 1.77 bits per heavy atom. The second-order valence-electron chi connectivity index (χ2n) is 7.91. The summed E-state index contributed by atoms with van der Waals surface area (Å²) in [7, 11) is 3.83. The number of hydrogen-bond donors (Lipinski definition) is 0. The molecule has 0 radical (unpaired) electrons. The molecule has 0 aromatic heterocycles. The van der Waals surface area contributed by atoms with E-state index in [0.717, 1.165) is 57.7 Å². The number of likely N-dealkylation sites (tertiary alicyclic amines) is 1. The average Bonchev–Trinajstić information content (AvgIpc) is 2.67. The SMILES string of the molecule is COc1cc(C)ccc1C(=O)N1CCC([C@H](C)N2CCN(C)CC2)CC1. The first kappa shape index (κ1) is 19.2. The second kappa shape index (κ2) is 8.40. The molecule has 1 aromatic carbocycles. The van der Waals surface area contributed by atoms with Crippen LogP contribution in [0, 0.1) is 12.8 Å². The number of piperazine rings is 1. The summed E-state index contributed by atoms with van der Waals surface area (Å²) in [5.41, 5.74) is 1.79. The summed E-state index contributed by atoms with van der Waals surface area (Å²) in [5.74, 6) is 1.47. The van der Waals surface area contributed by atoms with Crippen molar-refractivity contribution in [1.29, 1.82) is 0 Å². The molecule has 1 atom stereocenters. The van der Waals surface area contributed by atoms with Gasteiger partial charge in [-0.3, -0.25) is 9.69 Å². The Morgan fingerprint density at radius 1 is 1.12 bits per heavy atom. The fourth-order valence-corrected chi connectivity index (χ4v) is 4.26. The second-order valence-corrected chi connectivity index (χ2v) is 7.91. The minimum absolute atomic E-state index is 0.104. The number of aryl methyl sites for hydroxylation is 1. The lowest BCUT2D eigenvalue weighted by molar-refractivity contribution is 0.0498. The van der Waals surface area contributed by atoms with Crippen LogP contribution in [0.5, 0.6) is 5.75 Å². The van der Waals surface area contributed by atoms with Gasteiger partial charge in [-0.05, 0) is 57.4 Å². The zero-order valence-corrected chi connectivity index (χ0v) is 16.7. The number of ether oxygens (including phenoxy) is 1. The van der Waals surface area contributed by atoms with Crippen molar-refractivity contribution in [3.8, 4) is 5.75 Å². The van der Waals surface area contributed by atoms with E-state index in [1.807, 2.05) is 30.0 Å². The van der Waals surface area contributed by atoms with Crippen molar-refractivity contribution in [1.82, 2.24) is 14.7 Å². The number of piperidine rings is 1. The lowest BCUT2D eigenvalue weighted by Crippen LogP contribution is -2.52. The van der Waals surface area contributed by atoms with E-state index in [9.17, 15) is 4.79 Å². The van der Waals surface area contributed by atoms with Crippen molar-refractivity contribution in [2.45, 2.75) is 32.7 Å². The van der Waals surface area contributed by atoms with Gasteiger partial charge in [-0.1, -0.05) is 6.07 Å². The van der Waals surface area contributed by atoms with Crippen molar-refractivity contribution in [2.24, 2.45) is 5.92 Å². The van der Waals surface area contributed by atoms with Crippen LogP contribution < -0.4 is 4.74 Å². The van der Waals surface area contributed by atoms with Crippen LogP contribution in [0.3, 0.4) is 0 Å². The smallest absolute Gasteiger partial charge is 0.257 e. The first-order valence-corrected chi connectivity index (χ1v) is 9.86. The van der Waals surface area contributed by atoms with Crippen LogP contribution in [0.25, 0.3) is 0 Å². The number of hydrogen-bond acceptors (Lipinski definition) is 4. The summed E-state index contributed by atoms with van der Waals surface area (Å²) in [6, 6.07) is 6.43. The number of rotatable bonds is 4. The summed E-state index contributed by atoms with van der Waals surface area (Å²) in [4.78, 5) is 20.0. The largest absolute Gasteiger partial charge is 0.496 e. The molecular formula is C21H33N3O2. The lowest BCUT2D eigenvalue weighted by Gasteiger charge is -2.42. The number of methoxy groups -OCH3 is 1. The molecule has 2 heterocycles. The van der Waals surface area contributed by atoms with Crippen LogP contribution in [0.2, 0.25) is 0 Å².